The van der Waals surface area contributed by atoms with E-state index in [1.165, 1.54) is 18.6 Å². The quantitative estimate of drug-likeness (QED) is 0.325. The van der Waals surface area contributed by atoms with Crippen molar-refractivity contribution in [2.75, 3.05) is 18.5 Å². The lowest BCUT2D eigenvalue weighted by Crippen LogP contribution is -2.46. The molecule has 0 amide bonds. The molecule has 0 spiro atoms. The molecular weight excluding hydrogens is 555 g/mol. The number of carbonyl (C=O) groups is 1. The number of sulfonamides is 1. The van der Waals surface area contributed by atoms with Gasteiger partial charge in [0.05, 0.1) is 17.4 Å². The van der Waals surface area contributed by atoms with Crippen molar-refractivity contribution >= 4 is 27.4 Å². The zero-order valence-corrected chi connectivity index (χ0v) is 24.7. The second-order valence-electron chi connectivity index (χ2n) is 11.8. The summed E-state index contributed by atoms with van der Waals surface area (Å²) in [6, 6.07) is 16.8. The summed E-state index contributed by atoms with van der Waals surface area (Å²) in [5.74, 6) is -1.53. The van der Waals surface area contributed by atoms with Crippen molar-refractivity contribution in [3.63, 3.8) is 0 Å². The normalized spacial score (nSPS) is 21.6. The van der Waals surface area contributed by atoms with Gasteiger partial charge in [-0.25, -0.2) is 17.6 Å². The summed E-state index contributed by atoms with van der Waals surface area (Å²) in [6.07, 6.45) is 9.14. The molecule has 0 radical (unpaired) electrons. The Morgan fingerprint density at radius 1 is 0.929 bits per heavy atom. The van der Waals surface area contributed by atoms with Crippen LogP contribution in [0.3, 0.4) is 0 Å². The summed E-state index contributed by atoms with van der Waals surface area (Å²) in [7, 11) is -2.28. The number of hydrogen-bond acceptors (Lipinski definition) is 5. The lowest BCUT2D eigenvalue weighted by Gasteiger charge is -2.36. The number of carboxylic acid groups (broad SMARTS) is 1. The molecule has 2 aliphatic carbocycles. The Hall–Kier alpha value is -3.43. The van der Waals surface area contributed by atoms with E-state index in [-0.39, 0.29) is 23.0 Å². The first-order valence-electron chi connectivity index (χ1n) is 14.9. The van der Waals surface area contributed by atoms with Crippen molar-refractivity contribution < 1.29 is 27.4 Å². The molecule has 42 heavy (non-hydrogen) atoms. The van der Waals surface area contributed by atoms with Crippen LogP contribution in [0.1, 0.15) is 68.1 Å². The minimum absolute atomic E-state index is 0.0357. The molecule has 2 saturated carbocycles. The Labute approximate surface area is 247 Å². The number of anilines is 2. The average molecular weight is 593 g/mol. The van der Waals surface area contributed by atoms with Gasteiger partial charge < -0.3 is 14.7 Å². The van der Waals surface area contributed by atoms with E-state index in [4.69, 9.17) is 4.74 Å². The van der Waals surface area contributed by atoms with Crippen LogP contribution in [0.15, 0.2) is 65.6 Å². The number of nitrogens with zero attached hydrogens (tertiary/aromatic N) is 2. The number of hydrogen-bond donors (Lipinski definition) is 1. The lowest BCUT2D eigenvalue weighted by molar-refractivity contribution is 0.0692. The molecule has 0 aromatic heterocycles. The smallest absolute Gasteiger partial charge is 0.338 e. The van der Waals surface area contributed by atoms with Gasteiger partial charge in [0.1, 0.15) is 16.5 Å². The third-order valence-corrected chi connectivity index (χ3v) is 11.1. The number of carboxylic acids is 1. The zero-order chi connectivity index (χ0) is 29.4. The van der Waals surface area contributed by atoms with Crippen LogP contribution in [0, 0.1) is 11.7 Å². The van der Waals surface area contributed by atoms with E-state index in [0.29, 0.717) is 29.1 Å². The average Bonchev–Trinajstić information content (AvgIpc) is 3.49. The summed E-state index contributed by atoms with van der Waals surface area (Å²) in [5.41, 5.74) is 1.77. The molecule has 0 unspecified atom stereocenters. The van der Waals surface area contributed by atoms with Crippen molar-refractivity contribution in [1.82, 2.24) is 4.31 Å². The molecule has 9 heteroatoms. The van der Waals surface area contributed by atoms with Crippen LogP contribution in [0.25, 0.3) is 11.1 Å². The lowest BCUT2D eigenvalue weighted by atomic mass is 9.83. The van der Waals surface area contributed by atoms with Crippen LogP contribution < -0.4 is 9.64 Å². The number of ether oxygens (including phenoxy) is 1. The highest BCUT2D eigenvalue weighted by Gasteiger charge is 2.41. The van der Waals surface area contributed by atoms with Gasteiger partial charge in [-0.1, -0.05) is 43.5 Å². The first-order valence-corrected chi connectivity index (χ1v) is 16.4. The van der Waals surface area contributed by atoms with Crippen molar-refractivity contribution in [3.8, 4) is 16.9 Å². The predicted molar refractivity (Wildman–Crippen MR) is 160 cm³/mol. The summed E-state index contributed by atoms with van der Waals surface area (Å²) >= 11 is 0. The standard InChI is InChI=1S/C33H37FN2O5S/c1-35-30(22-10-4-2-5-11-22)21-36(24-12-6-3-7-13-24)29-20-31(41-25-14-8-9-15-25)26(19-32(29)42(35,39)40)23-16-17-28(34)27(18-23)33(37)38/h3,6-7,12-13,16-20,22,25,30H,2,4-5,8-11,14-15,21H2,1H3,(H,37,38)/t30-/m0/s1. The molecule has 1 N–H and O–H groups in total. The van der Waals surface area contributed by atoms with Gasteiger partial charge in [0.25, 0.3) is 0 Å². The molecule has 7 nitrogen and oxygen atoms in total. The highest BCUT2D eigenvalue weighted by Crippen LogP contribution is 2.46. The summed E-state index contributed by atoms with van der Waals surface area (Å²) in [4.78, 5) is 14.0. The second-order valence-corrected chi connectivity index (χ2v) is 13.7. The Kier molecular flexibility index (Phi) is 7.98. The van der Waals surface area contributed by atoms with Gasteiger partial charge in [0, 0.05) is 37.0 Å². The molecule has 1 heterocycles. The second kappa shape index (κ2) is 11.7. The van der Waals surface area contributed by atoms with Gasteiger partial charge in [-0.2, -0.15) is 4.31 Å². The Morgan fingerprint density at radius 2 is 1.62 bits per heavy atom. The number of likely N-dealkylation sites (N-methyl/N-ethyl adjacent to an activating group) is 1. The highest BCUT2D eigenvalue weighted by atomic mass is 32.2. The van der Waals surface area contributed by atoms with Gasteiger partial charge in [0.15, 0.2) is 0 Å². The third-order valence-electron chi connectivity index (χ3n) is 9.21. The van der Waals surface area contributed by atoms with E-state index in [1.54, 1.807) is 23.5 Å². The fourth-order valence-corrected chi connectivity index (χ4v) is 8.49. The Bertz CT molecular complexity index is 1570. The van der Waals surface area contributed by atoms with E-state index < -0.39 is 27.4 Å². The number of fused-ring (bicyclic) bond motifs is 1. The van der Waals surface area contributed by atoms with E-state index in [2.05, 4.69) is 4.90 Å². The molecule has 0 saturated heterocycles. The molecule has 222 valence electrons. The molecule has 2 fully saturated rings. The van der Waals surface area contributed by atoms with Crippen molar-refractivity contribution in [2.45, 2.75) is 74.8 Å². The van der Waals surface area contributed by atoms with E-state index >= 15 is 0 Å². The fraction of sp³-hybridized carbons (Fsp3) is 0.424. The summed E-state index contributed by atoms with van der Waals surface area (Å²) in [6.45, 7) is 0.499. The molecule has 3 aromatic rings. The molecule has 6 rings (SSSR count). The van der Waals surface area contributed by atoms with E-state index in [0.717, 1.165) is 63.1 Å². The minimum Gasteiger partial charge on any atom is -0.490 e. The zero-order valence-electron chi connectivity index (χ0n) is 23.8. The van der Waals surface area contributed by atoms with Crippen LogP contribution in [0.5, 0.6) is 5.75 Å². The topological polar surface area (TPSA) is 87.2 Å². The van der Waals surface area contributed by atoms with Gasteiger partial charge >= 0.3 is 5.97 Å². The van der Waals surface area contributed by atoms with Gasteiger partial charge in [-0.05, 0) is 80.3 Å². The Balaban J connectivity index is 1.57. The molecular formula is C33H37FN2O5S. The highest BCUT2D eigenvalue weighted by molar-refractivity contribution is 7.89. The largest absolute Gasteiger partial charge is 0.490 e. The number of halogens is 1. The van der Waals surface area contributed by atoms with Crippen LogP contribution in [-0.2, 0) is 10.0 Å². The Morgan fingerprint density at radius 3 is 2.31 bits per heavy atom. The maximum Gasteiger partial charge on any atom is 0.338 e. The van der Waals surface area contributed by atoms with E-state index in [9.17, 15) is 22.7 Å². The predicted octanol–water partition coefficient (Wildman–Crippen LogP) is 7.23. The van der Waals surface area contributed by atoms with Gasteiger partial charge in [-0.15, -0.1) is 0 Å². The number of benzene rings is 3. The SMILES string of the molecule is CN1[C@H](C2CCCCC2)CN(c2ccccc2)c2cc(OC3CCCC3)c(-c3ccc(F)c(C(=O)O)c3)cc2S1(=O)=O. The van der Waals surface area contributed by atoms with Crippen LogP contribution in [0.2, 0.25) is 0 Å². The summed E-state index contributed by atoms with van der Waals surface area (Å²) in [5, 5.41) is 9.62. The minimum atomic E-state index is -3.96. The van der Waals surface area contributed by atoms with Crippen molar-refractivity contribution in [3.05, 3.63) is 72.0 Å². The molecule has 1 aliphatic heterocycles. The maximum atomic E-state index is 14.4. The van der Waals surface area contributed by atoms with Gasteiger partial charge in [-0.3, -0.25) is 0 Å². The number of para-hydroxylation sites is 1. The van der Waals surface area contributed by atoms with Crippen LogP contribution >= 0.6 is 0 Å². The third kappa shape index (κ3) is 5.40. The summed E-state index contributed by atoms with van der Waals surface area (Å²) < 4.78 is 51.3. The number of rotatable bonds is 6. The van der Waals surface area contributed by atoms with Gasteiger partial charge in [0.2, 0.25) is 10.0 Å². The monoisotopic (exact) mass is 592 g/mol. The molecule has 3 aromatic carbocycles. The maximum absolute atomic E-state index is 14.4. The molecule has 0 bridgehead atoms. The van der Waals surface area contributed by atoms with Crippen molar-refractivity contribution in [2.24, 2.45) is 5.92 Å². The van der Waals surface area contributed by atoms with Crippen LogP contribution in [-0.4, -0.2) is 49.5 Å². The van der Waals surface area contributed by atoms with Crippen molar-refractivity contribution in [1.29, 1.82) is 0 Å². The fourth-order valence-electron chi connectivity index (χ4n) is 6.88. The first-order chi connectivity index (χ1) is 20.2. The molecule has 3 aliphatic rings. The van der Waals surface area contributed by atoms with E-state index in [1.807, 2.05) is 30.3 Å². The van der Waals surface area contributed by atoms with Crippen LogP contribution in [0.4, 0.5) is 15.8 Å². The number of aromatic carboxylic acids is 1. The molecule has 1 atom stereocenters. The first kappa shape index (κ1) is 28.7.